The molecule has 6 aromatic rings. The molecule has 6 heterocycles. The van der Waals surface area contributed by atoms with Crippen LogP contribution in [-0.4, -0.2) is 209 Å². The Morgan fingerprint density at radius 2 is 0.781 bits per heavy atom. The van der Waals surface area contributed by atoms with Gasteiger partial charge in [0.25, 0.3) is 11.5 Å². The van der Waals surface area contributed by atoms with E-state index in [9.17, 15) is 0 Å². The Labute approximate surface area is 613 Å². The number of nitrogens with two attached hydrogens (primary N) is 1. The van der Waals surface area contributed by atoms with Gasteiger partial charge in [-0.2, -0.15) is 28.8 Å². The molecule has 6 rings (SSSR count). The number of rotatable bonds is 36. The van der Waals surface area contributed by atoms with Crippen LogP contribution in [0, 0.1) is 14.0 Å². The smallest absolute Gasteiger partial charge is 1.00 e. The summed E-state index contributed by atoms with van der Waals surface area (Å²) in [6, 6.07) is 18.1. The molecule has 0 radical (unpaired) electrons. The molecule has 0 aliphatic heterocycles. The van der Waals surface area contributed by atoms with Gasteiger partial charge in [0, 0.05) is 136 Å². The van der Waals surface area contributed by atoms with E-state index in [2.05, 4.69) is 205 Å². The van der Waals surface area contributed by atoms with Gasteiger partial charge in [0.2, 0.25) is 0 Å². The molecule has 30 heteroatoms. The second-order valence-corrected chi connectivity index (χ2v) is 72.0. The van der Waals surface area contributed by atoms with Crippen LogP contribution in [0.25, 0.3) is 21.8 Å². The fourth-order valence-electron chi connectivity index (χ4n) is 8.32. The SMILES string of the molecule is CC(=N[Si](C)(C)C(C)(C)C)c1cc(N(COCC[Si](C)(C)C)COCC[Si](C)(C)C)n2nccc2n1.CC(N)c1cc(N(COCC[Si](C)(C)C)COCC[Si](C)(C)C)n2nccc2n1.[Br-].[C-]#[N+]c1cc(N(COCC[Si](C)(C)C)COCC[Si](C)(C)C)n2nccc2n1.[CH3-].[Mg+2]. The number of aromatic nitrogens is 9. The molecule has 0 saturated carbocycles. The molecule has 0 aliphatic carbocycles. The molecule has 0 fully saturated rings. The second-order valence-electron chi connectivity index (χ2n) is 33.4. The van der Waals surface area contributed by atoms with E-state index >= 15 is 0 Å². The number of anilines is 3. The topological polar surface area (TPSA) is 198 Å². The van der Waals surface area contributed by atoms with E-state index in [1.165, 1.54) is 0 Å². The van der Waals surface area contributed by atoms with E-state index in [1.807, 2.05) is 39.1 Å². The third-order valence-corrected chi connectivity index (χ3v) is 30.5. The van der Waals surface area contributed by atoms with Crippen LogP contribution in [0.3, 0.4) is 0 Å². The van der Waals surface area contributed by atoms with E-state index in [0.717, 1.165) is 122 Å². The molecule has 96 heavy (non-hydrogen) atoms. The fraction of sp³-hybridized carbons (Fsp3) is 0.682. The van der Waals surface area contributed by atoms with Crippen molar-refractivity contribution in [2.45, 2.75) is 213 Å². The van der Waals surface area contributed by atoms with Gasteiger partial charge in [-0.15, -0.1) is 0 Å². The summed E-state index contributed by atoms with van der Waals surface area (Å²) in [5.74, 6) is 2.93. The first-order valence-electron chi connectivity index (χ1n) is 33.4. The molecule has 0 bridgehead atoms. The maximum Gasteiger partial charge on any atom is 2.00 e. The summed E-state index contributed by atoms with van der Waals surface area (Å²) in [6.07, 6.45) is 5.25. The third-order valence-electron chi connectivity index (χ3n) is 15.7. The largest absolute Gasteiger partial charge is 2.00 e. The van der Waals surface area contributed by atoms with Crippen molar-refractivity contribution >= 4 is 126 Å². The Hall–Kier alpha value is -3.10. The van der Waals surface area contributed by atoms with Gasteiger partial charge < -0.3 is 82.8 Å². The first-order chi connectivity index (χ1) is 42.9. The Kier molecular flexibility index (Phi) is 38.4. The fourth-order valence-corrected chi connectivity index (χ4v) is 14.1. The molecule has 1 unspecified atom stereocenters. The molecule has 2 N–H and O–H groups in total. The molecule has 538 valence electrons. The van der Waals surface area contributed by atoms with E-state index in [-0.39, 0.29) is 58.5 Å². The number of ether oxygens (including phenoxy) is 6. The van der Waals surface area contributed by atoms with Gasteiger partial charge in [-0.3, -0.25) is 0 Å². The third kappa shape index (κ3) is 34.0. The predicted octanol–water partition coefficient (Wildman–Crippen LogP) is 12.9. The number of hydrogen-bond acceptors (Lipinski definition) is 17. The minimum atomic E-state index is -1.86. The van der Waals surface area contributed by atoms with Crippen molar-refractivity contribution in [2.75, 3.05) is 94.7 Å². The molecule has 1 atom stereocenters. The first kappa shape index (κ1) is 90.9. The number of fused-ring (bicyclic) bond motifs is 3. The van der Waals surface area contributed by atoms with Gasteiger partial charge in [0.1, 0.15) is 57.8 Å². The Morgan fingerprint density at radius 1 is 0.500 bits per heavy atom. The molecule has 6 aromatic heterocycles. The van der Waals surface area contributed by atoms with Crippen LogP contribution in [0.5, 0.6) is 0 Å². The van der Waals surface area contributed by atoms with Crippen molar-refractivity contribution in [2.24, 2.45) is 10.4 Å². The maximum absolute atomic E-state index is 7.34. The summed E-state index contributed by atoms with van der Waals surface area (Å²) in [4.78, 5) is 23.5. The quantitative estimate of drug-likeness (QED) is 0.0128. The molecule has 0 saturated heterocycles. The zero-order valence-corrected chi connectivity index (χ0v) is 74.4. The van der Waals surface area contributed by atoms with Crippen molar-refractivity contribution in [3.63, 3.8) is 0 Å². The minimum Gasteiger partial charge on any atom is -1.00 e. The van der Waals surface area contributed by atoms with Gasteiger partial charge in [0.05, 0.1) is 30.0 Å². The number of halogens is 1. The summed E-state index contributed by atoms with van der Waals surface area (Å²) in [7, 11) is -8.75. The average molecular weight is 1530 g/mol. The van der Waals surface area contributed by atoms with Gasteiger partial charge in [-0.05, 0) is 68.2 Å². The Balaban J connectivity index is 0.000000716. The molecular weight excluding hydrogens is 1400 g/mol. The van der Waals surface area contributed by atoms with Crippen LogP contribution in [0.15, 0.2) is 59.6 Å². The Morgan fingerprint density at radius 3 is 1.06 bits per heavy atom. The number of nitrogens with zero attached hydrogens (tertiary/aromatic N) is 14. The van der Waals surface area contributed by atoms with Crippen molar-refractivity contribution < 1.29 is 45.4 Å². The van der Waals surface area contributed by atoms with Gasteiger partial charge in [-0.1, -0.05) is 150 Å². The summed E-state index contributed by atoms with van der Waals surface area (Å²) in [6.45, 7) is 72.4. The molecule has 0 aromatic carbocycles. The van der Waals surface area contributed by atoms with Crippen molar-refractivity contribution in [1.82, 2.24) is 43.8 Å². The second kappa shape index (κ2) is 40.5. The zero-order valence-electron chi connectivity index (χ0n) is 64.4. The molecule has 0 spiro atoms. The van der Waals surface area contributed by atoms with Crippen LogP contribution in [0.1, 0.15) is 52.0 Å². The molecule has 21 nitrogen and oxygen atoms in total. The van der Waals surface area contributed by atoms with Crippen molar-refractivity contribution in [3.8, 4) is 0 Å². The van der Waals surface area contributed by atoms with Crippen LogP contribution in [0.4, 0.5) is 23.3 Å². The molecule has 0 aliphatic rings. The van der Waals surface area contributed by atoms with Crippen LogP contribution < -0.4 is 37.4 Å². The summed E-state index contributed by atoms with van der Waals surface area (Å²) < 4.78 is 47.1. The minimum absolute atomic E-state index is 0. The van der Waals surface area contributed by atoms with Gasteiger partial charge >= 0.3 is 23.1 Å². The van der Waals surface area contributed by atoms with Crippen LogP contribution in [-0.2, 0) is 28.4 Å². The first-order valence-corrected chi connectivity index (χ1v) is 58.6. The molecule has 0 amide bonds. The predicted molar refractivity (Wildman–Crippen MR) is 421 cm³/mol. The van der Waals surface area contributed by atoms with E-state index in [4.69, 9.17) is 50.4 Å². The Bertz CT molecular complexity index is 3220. The zero-order chi connectivity index (χ0) is 69.8. The summed E-state index contributed by atoms with van der Waals surface area (Å²) in [5, 5.41) is 13.5. The monoisotopic (exact) mass is 1520 g/mol. The van der Waals surface area contributed by atoms with Crippen molar-refractivity contribution in [3.05, 3.63) is 85.2 Å². The van der Waals surface area contributed by atoms with E-state index in [1.54, 1.807) is 35.2 Å². The van der Waals surface area contributed by atoms with Gasteiger partial charge in [-0.25, -0.2) is 9.97 Å². The normalized spacial score (nSPS) is 13.0. The summed E-state index contributed by atoms with van der Waals surface area (Å²) >= 11 is 0. The summed E-state index contributed by atoms with van der Waals surface area (Å²) in [5.41, 5.74) is 11.1. The van der Waals surface area contributed by atoms with E-state index in [0.29, 0.717) is 51.8 Å². The number of hydrogen-bond donors (Lipinski definition) is 1. The van der Waals surface area contributed by atoms with Crippen LogP contribution >= 0.6 is 0 Å². The van der Waals surface area contributed by atoms with Crippen LogP contribution in [0.2, 0.25) is 172 Å². The average Bonchev–Trinajstić information content (AvgIpc) is 1.50. The van der Waals surface area contributed by atoms with Crippen molar-refractivity contribution in [1.29, 1.82) is 0 Å². The van der Waals surface area contributed by atoms with Gasteiger partial charge in [0.15, 0.2) is 19.5 Å². The molecular formula is C66H126BrMgN15O6Si7. The maximum atomic E-state index is 7.34. The van der Waals surface area contributed by atoms with E-state index < -0.39 is 56.7 Å². The standard InChI is InChI=1S/C26H51N5O2Si3.C20H39N5O2Si2.C19H33N5O2Si2.CH3.BrH.Mg/c1-22(29-36(11,12)26(2,3)4)23-19-25(31-24(28-23)13-14-27-31)30(20-32-15-17-34(5,6)7)21-33-16-18-35(8,9)10;1-17(21)18-14-20(25-19(23-18)8-9-22-25)24(15-26-10-12-28(2,3)4)16-27-11-13-29(5,6)7;1-20-17-14-19(24-18(22-17)8-9-21-24)23(15-25-10-12-27(2,3)4)16-26-11-13-28(5,6)7;;;/h13-14,19H,15-18,20-21H2,1-12H3;8-9,14,17H,10-13,15-16,21H2,1-7H3;8-9,14H,10-13,15-16H2,2-7H3;1H3;1H;/q;;;-1;;+2/p-1.